The van der Waals surface area contributed by atoms with Crippen molar-refractivity contribution in [3.8, 4) is 0 Å². The van der Waals surface area contributed by atoms with Gasteiger partial charge in [-0.2, -0.15) is 0 Å². The van der Waals surface area contributed by atoms with Crippen molar-refractivity contribution >= 4 is 12.2 Å². The van der Waals surface area contributed by atoms with Crippen LogP contribution in [-0.2, 0) is 5.41 Å². The molecule has 0 fully saturated rings. The standard InChI is InChI=1S/C17H24.C2H6/c1-8-13-14(9-2)16(17(5,6)7)11-10-15(13)12(3)4;1-2/h8-12H,1-2H2,3-7H3;1-2H3. The summed E-state index contributed by atoms with van der Waals surface area (Å²) in [4.78, 5) is 0. The summed E-state index contributed by atoms with van der Waals surface area (Å²) in [5.41, 5.74) is 5.30. The van der Waals surface area contributed by atoms with E-state index in [0.717, 1.165) is 0 Å². The molecule has 0 amide bonds. The smallest absolute Gasteiger partial charge is 0.0126 e. The second-order valence-electron chi connectivity index (χ2n) is 5.84. The lowest BCUT2D eigenvalue weighted by Crippen LogP contribution is -2.14. The molecule has 0 saturated carbocycles. The summed E-state index contributed by atoms with van der Waals surface area (Å²) in [6.45, 7) is 23.1. The van der Waals surface area contributed by atoms with Crippen LogP contribution in [-0.4, -0.2) is 0 Å². The molecule has 0 saturated heterocycles. The van der Waals surface area contributed by atoms with Gasteiger partial charge in [0.25, 0.3) is 0 Å². The Hall–Kier alpha value is -1.30. The van der Waals surface area contributed by atoms with Gasteiger partial charge >= 0.3 is 0 Å². The van der Waals surface area contributed by atoms with Crippen molar-refractivity contribution in [3.63, 3.8) is 0 Å². The lowest BCUT2D eigenvalue weighted by Gasteiger charge is -2.25. The fourth-order valence-corrected chi connectivity index (χ4v) is 2.26. The second kappa shape index (κ2) is 7.33. The largest absolute Gasteiger partial charge is 0.0984 e. The molecule has 0 heterocycles. The third kappa shape index (κ3) is 4.09. The molecule has 19 heavy (non-hydrogen) atoms. The van der Waals surface area contributed by atoms with Gasteiger partial charge in [0.15, 0.2) is 0 Å². The average Bonchev–Trinajstić information content (AvgIpc) is 2.37. The van der Waals surface area contributed by atoms with Crippen LogP contribution in [0.5, 0.6) is 0 Å². The van der Waals surface area contributed by atoms with Crippen LogP contribution in [0.2, 0.25) is 0 Å². The molecule has 106 valence electrons. The van der Waals surface area contributed by atoms with Crippen molar-refractivity contribution in [2.24, 2.45) is 0 Å². The van der Waals surface area contributed by atoms with Crippen molar-refractivity contribution in [2.45, 2.75) is 59.8 Å². The van der Waals surface area contributed by atoms with Crippen molar-refractivity contribution in [1.29, 1.82) is 0 Å². The van der Waals surface area contributed by atoms with Crippen molar-refractivity contribution in [2.75, 3.05) is 0 Å². The van der Waals surface area contributed by atoms with Gasteiger partial charge in [-0.15, -0.1) is 0 Å². The van der Waals surface area contributed by atoms with E-state index in [4.69, 9.17) is 0 Å². The zero-order valence-corrected chi connectivity index (χ0v) is 13.8. The van der Waals surface area contributed by atoms with Crippen LogP contribution in [0.25, 0.3) is 12.2 Å². The monoisotopic (exact) mass is 258 g/mol. The van der Waals surface area contributed by atoms with Gasteiger partial charge in [-0.1, -0.05) is 85.9 Å². The van der Waals surface area contributed by atoms with E-state index in [1.807, 2.05) is 26.0 Å². The molecule has 1 aromatic carbocycles. The quantitative estimate of drug-likeness (QED) is 0.587. The molecule has 1 rings (SSSR count). The Bertz CT molecular complexity index is 428. The number of benzene rings is 1. The first-order chi connectivity index (χ1) is 8.82. The fourth-order valence-electron chi connectivity index (χ4n) is 2.26. The van der Waals surface area contributed by atoms with Crippen molar-refractivity contribution < 1.29 is 0 Å². The Morgan fingerprint density at radius 1 is 0.947 bits per heavy atom. The molecule has 0 aliphatic heterocycles. The first kappa shape index (κ1) is 17.7. The van der Waals surface area contributed by atoms with E-state index in [2.05, 4.69) is 59.9 Å². The maximum atomic E-state index is 3.97. The summed E-state index contributed by atoms with van der Waals surface area (Å²) < 4.78 is 0. The molecule has 0 nitrogen and oxygen atoms in total. The Morgan fingerprint density at radius 2 is 1.42 bits per heavy atom. The topological polar surface area (TPSA) is 0 Å². The average molecular weight is 258 g/mol. The van der Waals surface area contributed by atoms with Crippen molar-refractivity contribution in [1.82, 2.24) is 0 Å². The van der Waals surface area contributed by atoms with Crippen LogP contribution in [0.3, 0.4) is 0 Å². The molecule has 0 bridgehead atoms. The van der Waals surface area contributed by atoms with E-state index in [-0.39, 0.29) is 5.41 Å². The van der Waals surface area contributed by atoms with Crippen molar-refractivity contribution in [3.05, 3.63) is 47.5 Å². The fraction of sp³-hybridized carbons (Fsp3) is 0.474. The van der Waals surface area contributed by atoms with E-state index in [0.29, 0.717) is 5.92 Å². The van der Waals surface area contributed by atoms with Gasteiger partial charge < -0.3 is 0 Å². The zero-order chi connectivity index (χ0) is 15.2. The normalized spacial score (nSPS) is 10.7. The summed E-state index contributed by atoms with van der Waals surface area (Å²) in [6.07, 6.45) is 3.92. The van der Waals surface area contributed by atoms with E-state index in [1.165, 1.54) is 22.3 Å². The minimum Gasteiger partial charge on any atom is -0.0984 e. The van der Waals surface area contributed by atoms with Crippen LogP contribution in [0.4, 0.5) is 0 Å². The van der Waals surface area contributed by atoms with Gasteiger partial charge in [-0.25, -0.2) is 0 Å². The number of rotatable bonds is 3. The highest BCUT2D eigenvalue weighted by atomic mass is 14.2. The minimum absolute atomic E-state index is 0.136. The molecule has 0 spiro atoms. The molecule has 0 atom stereocenters. The summed E-state index contributed by atoms with van der Waals surface area (Å²) in [6, 6.07) is 4.47. The van der Waals surface area contributed by atoms with Gasteiger partial charge in [-0.05, 0) is 33.6 Å². The van der Waals surface area contributed by atoms with E-state index in [1.54, 1.807) is 0 Å². The number of hydrogen-bond acceptors (Lipinski definition) is 0. The zero-order valence-electron chi connectivity index (χ0n) is 13.8. The molecule has 0 aromatic heterocycles. The molecular weight excluding hydrogens is 228 g/mol. The highest BCUT2D eigenvalue weighted by molar-refractivity contribution is 5.70. The predicted octanol–water partition coefficient (Wildman–Crippen LogP) is 6.42. The second-order valence-corrected chi connectivity index (χ2v) is 5.84. The highest BCUT2D eigenvalue weighted by Gasteiger charge is 2.20. The lowest BCUT2D eigenvalue weighted by atomic mass is 9.79. The van der Waals surface area contributed by atoms with Crippen LogP contribution in [0.15, 0.2) is 25.3 Å². The van der Waals surface area contributed by atoms with Crippen LogP contribution in [0.1, 0.15) is 76.6 Å². The predicted molar refractivity (Wildman–Crippen MR) is 90.8 cm³/mol. The molecule has 0 unspecified atom stereocenters. The summed E-state index contributed by atoms with van der Waals surface area (Å²) in [5.74, 6) is 0.510. The van der Waals surface area contributed by atoms with E-state index >= 15 is 0 Å². The highest BCUT2D eigenvalue weighted by Crippen LogP contribution is 2.33. The molecule has 0 radical (unpaired) electrons. The Morgan fingerprint density at radius 3 is 1.74 bits per heavy atom. The van der Waals surface area contributed by atoms with Crippen LogP contribution < -0.4 is 0 Å². The van der Waals surface area contributed by atoms with Gasteiger partial charge in [0.1, 0.15) is 0 Å². The summed E-state index contributed by atoms with van der Waals surface area (Å²) in [7, 11) is 0. The van der Waals surface area contributed by atoms with E-state index in [9.17, 15) is 0 Å². The van der Waals surface area contributed by atoms with Gasteiger partial charge in [0.05, 0.1) is 0 Å². The SMILES string of the molecule is C=Cc1c(C(C)C)ccc(C(C)(C)C)c1C=C.CC. The number of hydrogen-bond donors (Lipinski definition) is 0. The third-order valence-corrected chi connectivity index (χ3v) is 3.16. The summed E-state index contributed by atoms with van der Waals surface area (Å²) in [5, 5.41) is 0. The maximum Gasteiger partial charge on any atom is -0.0126 e. The van der Waals surface area contributed by atoms with Gasteiger partial charge in [0.2, 0.25) is 0 Å². The Labute approximate surface area is 120 Å². The Kier molecular flexibility index (Phi) is 6.83. The van der Waals surface area contributed by atoms with Crippen LogP contribution in [0, 0.1) is 0 Å². The third-order valence-electron chi connectivity index (χ3n) is 3.16. The Balaban J connectivity index is 0.00000154. The maximum absolute atomic E-state index is 3.97. The molecule has 0 heteroatoms. The molecule has 0 aliphatic rings. The molecular formula is C19H30. The minimum atomic E-state index is 0.136. The van der Waals surface area contributed by atoms with Crippen LogP contribution >= 0.6 is 0 Å². The van der Waals surface area contributed by atoms with Gasteiger partial charge in [0, 0.05) is 0 Å². The molecule has 0 aliphatic carbocycles. The van der Waals surface area contributed by atoms with E-state index < -0.39 is 0 Å². The van der Waals surface area contributed by atoms with Gasteiger partial charge in [-0.3, -0.25) is 0 Å². The molecule has 0 N–H and O–H groups in total. The first-order valence-corrected chi connectivity index (χ1v) is 7.25. The summed E-state index contributed by atoms with van der Waals surface area (Å²) >= 11 is 0. The lowest BCUT2D eigenvalue weighted by molar-refractivity contribution is 0.588. The molecule has 1 aromatic rings. The first-order valence-electron chi connectivity index (χ1n) is 7.25.